The van der Waals surface area contributed by atoms with Crippen LogP contribution in [0.4, 0.5) is 5.69 Å². The summed E-state index contributed by atoms with van der Waals surface area (Å²) in [5.74, 6) is -0.0979. The lowest BCUT2D eigenvalue weighted by molar-refractivity contribution is 0.380. The number of hydrogen-bond acceptors (Lipinski definition) is 5. The molecule has 106 valence electrons. The van der Waals surface area contributed by atoms with Gasteiger partial charge in [-0.1, -0.05) is 29.8 Å². The van der Waals surface area contributed by atoms with E-state index in [1.165, 1.54) is 19.5 Å². The lowest BCUT2D eigenvalue weighted by Gasteiger charge is -2.08. The maximum absolute atomic E-state index is 12.0. The average molecular weight is 293 g/mol. The van der Waals surface area contributed by atoms with Crippen molar-refractivity contribution < 1.29 is 13.2 Å². The summed E-state index contributed by atoms with van der Waals surface area (Å²) in [7, 11) is -2.05. The Labute approximate surface area is 117 Å². The number of hydrogen-bond donors (Lipinski definition) is 1. The molecule has 0 radical (unpaired) electrons. The number of methoxy groups -OCH3 is 1. The van der Waals surface area contributed by atoms with Gasteiger partial charge in [0.25, 0.3) is 0 Å². The van der Waals surface area contributed by atoms with Crippen molar-refractivity contribution in [3.8, 4) is 6.01 Å². The van der Waals surface area contributed by atoms with Crippen molar-refractivity contribution in [3.05, 3.63) is 47.8 Å². The smallest absolute Gasteiger partial charge is 0.316 e. The summed E-state index contributed by atoms with van der Waals surface area (Å²) in [6.45, 7) is 1.95. The molecular weight excluding hydrogens is 278 g/mol. The second-order valence-corrected chi connectivity index (χ2v) is 6.03. The minimum atomic E-state index is -3.49. The van der Waals surface area contributed by atoms with Crippen LogP contribution in [0.25, 0.3) is 0 Å². The molecule has 1 N–H and O–H groups in total. The molecule has 0 spiro atoms. The van der Waals surface area contributed by atoms with E-state index >= 15 is 0 Å². The van der Waals surface area contributed by atoms with Gasteiger partial charge in [0.2, 0.25) is 10.0 Å². The Hall–Kier alpha value is -2.15. The Kier molecular flexibility index (Phi) is 4.19. The van der Waals surface area contributed by atoms with Gasteiger partial charge in [0.05, 0.1) is 30.9 Å². The summed E-state index contributed by atoms with van der Waals surface area (Å²) in [5.41, 5.74) is 2.11. The lowest BCUT2D eigenvalue weighted by Crippen LogP contribution is -2.15. The summed E-state index contributed by atoms with van der Waals surface area (Å²) in [5, 5.41) is 0. The Bertz CT molecular complexity index is 667. The minimum absolute atomic E-state index is 0.0979. The fraction of sp³-hybridized carbons (Fsp3) is 0.231. The zero-order valence-electron chi connectivity index (χ0n) is 11.2. The molecule has 2 rings (SSSR count). The van der Waals surface area contributed by atoms with Crippen molar-refractivity contribution in [1.82, 2.24) is 9.97 Å². The van der Waals surface area contributed by atoms with Crippen molar-refractivity contribution in [2.24, 2.45) is 0 Å². The molecule has 20 heavy (non-hydrogen) atoms. The number of benzene rings is 1. The van der Waals surface area contributed by atoms with Crippen LogP contribution in [0.1, 0.15) is 11.1 Å². The first-order chi connectivity index (χ1) is 9.48. The quantitative estimate of drug-likeness (QED) is 0.908. The van der Waals surface area contributed by atoms with Crippen LogP contribution in [-0.2, 0) is 15.8 Å². The van der Waals surface area contributed by atoms with Crippen LogP contribution >= 0.6 is 0 Å². The van der Waals surface area contributed by atoms with Crippen molar-refractivity contribution in [1.29, 1.82) is 0 Å². The average Bonchev–Trinajstić information content (AvgIpc) is 2.41. The zero-order chi connectivity index (χ0) is 14.6. The van der Waals surface area contributed by atoms with E-state index in [-0.39, 0.29) is 11.8 Å². The fourth-order valence-electron chi connectivity index (χ4n) is 1.59. The van der Waals surface area contributed by atoms with Crippen molar-refractivity contribution in [3.63, 3.8) is 0 Å². The van der Waals surface area contributed by atoms with E-state index in [0.29, 0.717) is 5.69 Å². The first-order valence-electron chi connectivity index (χ1n) is 5.90. The number of anilines is 1. The highest BCUT2D eigenvalue weighted by molar-refractivity contribution is 7.91. The minimum Gasteiger partial charge on any atom is -0.467 e. The van der Waals surface area contributed by atoms with Crippen LogP contribution in [-0.4, -0.2) is 25.5 Å². The molecule has 1 aromatic heterocycles. The summed E-state index contributed by atoms with van der Waals surface area (Å²) in [6.07, 6.45) is 2.72. The Morgan fingerprint density at radius 3 is 2.30 bits per heavy atom. The molecule has 0 unspecified atom stereocenters. The molecule has 0 aliphatic rings. The highest BCUT2D eigenvalue weighted by Gasteiger charge is 2.12. The van der Waals surface area contributed by atoms with Gasteiger partial charge in [0, 0.05) is 0 Å². The Balaban J connectivity index is 2.08. The zero-order valence-corrected chi connectivity index (χ0v) is 12.0. The molecule has 0 saturated heterocycles. The number of nitrogens with zero attached hydrogens (tertiary/aromatic N) is 2. The standard InChI is InChI=1S/C13H15N3O3S/c1-10-3-5-11(6-4-10)9-20(17,18)16-12-7-14-13(19-2)15-8-12/h3-8,16H,9H2,1-2H3. The molecule has 0 aliphatic heterocycles. The van der Waals surface area contributed by atoms with Gasteiger partial charge < -0.3 is 4.74 Å². The number of sulfonamides is 1. The Morgan fingerprint density at radius 1 is 1.15 bits per heavy atom. The third kappa shape index (κ3) is 3.92. The van der Waals surface area contributed by atoms with Gasteiger partial charge in [0.15, 0.2) is 0 Å². The van der Waals surface area contributed by atoms with Crippen LogP contribution in [0.2, 0.25) is 0 Å². The lowest BCUT2D eigenvalue weighted by atomic mass is 10.2. The molecule has 2 aromatic rings. The molecule has 0 saturated carbocycles. The molecule has 0 fully saturated rings. The predicted molar refractivity (Wildman–Crippen MR) is 76.0 cm³/mol. The topological polar surface area (TPSA) is 81.2 Å². The normalized spacial score (nSPS) is 11.1. The molecule has 0 amide bonds. The van der Waals surface area contributed by atoms with Gasteiger partial charge >= 0.3 is 6.01 Å². The fourth-order valence-corrected chi connectivity index (χ4v) is 2.76. The van der Waals surface area contributed by atoms with Crippen molar-refractivity contribution >= 4 is 15.7 Å². The van der Waals surface area contributed by atoms with Gasteiger partial charge in [-0.05, 0) is 12.5 Å². The maximum Gasteiger partial charge on any atom is 0.316 e. The van der Waals surface area contributed by atoms with Crippen molar-refractivity contribution in [2.45, 2.75) is 12.7 Å². The number of ether oxygens (including phenoxy) is 1. The molecule has 0 bridgehead atoms. The van der Waals surface area contributed by atoms with E-state index in [0.717, 1.165) is 11.1 Å². The maximum atomic E-state index is 12.0. The number of nitrogens with one attached hydrogen (secondary N) is 1. The van der Waals surface area contributed by atoms with E-state index in [9.17, 15) is 8.42 Å². The third-order valence-corrected chi connectivity index (χ3v) is 3.82. The van der Waals surface area contributed by atoms with E-state index in [4.69, 9.17) is 4.74 Å². The van der Waals surface area contributed by atoms with Gasteiger partial charge in [-0.25, -0.2) is 18.4 Å². The largest absolute Gasteiger partial charge is 0.467 e. The van der Waals surface area contributed by atoms with E-state index in [1.54, 1.807) is 12.1 Å². The number of rotatable bonds is 5. The SMILES string of the molecule is COc1ncc(NS(=O)(=O)Cc2ccc(C)cc2)cn1. The Morgan fingerprint density at radius 2 is 1.75 bits per heavy atom. The van der Waals surface area contributed by atoms with Crippen LogP contribution in [0.3, 0.4) is 0 Å². The summed E-state index contributed by atoms with van der Waals surface area (Å²) in [4.78, 5) is 7.68. The van der Waals surface area contributed by atoms with Crippen molar-refractivity contribution in [2.75, 3.05) is 11.8 Å². The first-order valence-corrected chi connectivity index (χ1v) is 7.56. The van der Waals surface area contributed by atoms with E-state index in [1.807, 2.05) is 19.1 Å². The van der Waals surface area contributed by atoms with Crippen LogP contribution in [0.15, 0.2) is 36.7 Å². The molecule has 1 aromatic carbocycles. The van der Waals surface area contributed by atoms with Gasteiger partial charge in [-0.15, -0.1) is 0 Å². The second-order valence-electron chi connectivity index (χ2n) is 4.31. The molecule has 1 heterocycles. The monoisotopic (exact) mass is 293 g/mol. The molecule has 0 atom stereocenters. The van der Waals surface area contributed by atoms with Crippen LogP contribution in [0, 0.1) is 6.92 Å². The highest BCUT2D eigenvalue weighted by Crippen LogP contribution is 2.13. The molecule has 6 nitrogen and oxygen atoms in total. The molecule has 0 aliphatic carbocycles. The molecular formula is C13H15N3O3S. The van der Waals surface area contributed by atoms with E-state index < -0.39 is 10.0 Å². The van der Waals surface area contributed by atoms with Gasteiger partial charge in [0.1, 0.15) is 0 Å². The molecule has 7 heteroatoms. The van der Waals surface area contributed by atoms with E-state index in [2.05, 4.69) is 14.7 Å². The summed E-state index contributed by atoms with van der Waals surface area (Å²) < 4.78 is 31.3. The third-order valence-electron chi connectivity index (χ3n) is 2.56. The van der Waals surface area contributed by atoms with Gasteiger partial charge in [-0.2, -0.15) is 0 Å². The van der Waals surface area contributed by atoms with Crippen LogP contribution in [0.5, 0.6) is 6.01 Å². The number of aryl methyl sites for hydroxylation is 1. The van der Waals surface area contributed by atoms with Gasteiger partial charge in [-0.3, -0.25) is 4.72 Å². The second kappa shape index (κ2) is 5.87. The predicted octanol–water partition coefficient (Wildman–Crippen LogP) is 1.74. The summed E-state index contributed by atoms with van der Waals surface area (Å²) >= 11 is 0. The summed E-state index contributed by atoms with van der Waals surface area (Å²) in [6, 6.07) is 7.52. The first kappa shape index (κ1) is 14.3. The van der Waals surface area contributed by atoms with Crippen LogP contribution < -0.4 is 9.46 Å². The number of aromatic nitrogens is 2. The highest BCUT2D eigenvalue weighted by atomic mass is 32.2.